The molecule has 2 nitrogen and oxygen atoms in total. The van der Waals surface area contributed by atoms with Crippen LogP contribution in [0.5, 0.6) is 0 Å². The predicted octanol–water partition coefficient (Wildman–Crippen LogP) is 5.24. The molecule has 0 saturated carbocycles. The molecule has 0 aliphatic rings. The Labute approximate surface area is 131 Å². The lowest BCUT2D eigenvalue weighted by Gasteiger charge is -2.14. The molecule has 6 heteroatoms. The number of halogens is 4. The molecule has 0 spiro atoms. The molecule has 1 aromatic heterocycles. The monoisotopic (exact) mass is 368 g/mol. The lowest BCUT2D eigenvalue weighted by atomic mass is 10.0. The fraction of sp³-hybridized carbons (Fsp3) is 0.0625. The fourth-order valence-corrected chi connectivity index (χ4v) is 2.55. The van der Waals surface area contributed by atoms with Crippen LogP contribution in [0.2, 0.25) is 0 Å². The van der Waals surface area contributed by atoms with Gasteiger partial charge in [-0.3, -0.25) is 0 Å². The zero-order valence-electron chi connectivity index (χ0n) is 10.9. The first-order chi connectivity index (χ1) is 10.4. The molecule has 22 heavy (non-hydrogen) atoms. The normalized spacial score (nSPS) is 11.8. The summed E-state index contributed by atoms with van der Waals surface area (Å²) < 4.78 is 46.2. The van der Waals surface area contributed by atoms with Gasteiger partial charge in [0.15, 0.2) is 5.76 Å². The smallest absolute Gasteiger partial charge is 0.420 e. The van der Waals surface area contributed by atoms with Crippen LogP contribution in [0.3, 0.4) is 0 Å². The van der Waals surface area contributed by atoms with Crippen molar-refractivity contribution in [2.45, 2.75) is 6.18 Å². The fourth-order valence-electron chi connectivity index (χ4n) is 2.29. The molecule has 3 aromatic rings. The largest absolute Gasteiger partial charge is 0.422 e. The number of hydrogen-bond acceptors (Lipinski definition) is 2. The van der Waals surface area contributed by atoms with Crippen LogP contribution in [-0.4, -0.2) is 0 Å². The molecule has 112 valence electrons. The van der Waals surface area contributed by atoms with Gasteiger partial charge in [-0.25, -0.2) is 4.79 Å². The SMILES string of the molecule is O=c1oc(-c2ccc(Br)cc2)c(C(F)(F)F)c2ccccc12. The van der Waals surface area contributed by atoms with Crippen LogP contribution in [-0.2, 0) is 6.18 Å². The highest BCUT2D eigenvalue weighted by Gasteiger charge is 2.38. The summed E-state index contributed by atoms with van der Waals surface area (Å²) in [5, 5.41) is -0.250. The molecule has 1 heterocycles. The van der Waals surface area contributed by atoms with Crippen LogP contribution < -0.4 is 5.63 Å². The van der Waals surface area contributed by atoms with Crippen molar-refractivity contribution in [2.75, 3.05) is 0 Å². The number of alkyl halides is 3. The number of fused-ring (bicyclic) bond motifs is 1. The maximum absolute atomic E-state index is 13.5. The minimum Gasteiger partial charge on any atom is -0.422 e. The average molecular weight is 369 g/mol. The molecule has 0 bridgehead atoms. The van der Waals surface area contributed by atoms with E-state index in [9.17, 15) is 18.0 Å². The summed E-state index contributed by atoms with van der Waals surface area (Å²) in [5.41, 5.74) is -1.54. The van der Waals surface area contributed by atoms with Crippen LogP contribution in [0.1, 0.15) is 5.56 Å². The van der Waals surface area contributed by atoms with Crippen molar-refractivity contribution < 1.29 is 17.6 Å². The third-order valence-electron chi connectivity index (χ3n) is 3.23. The summed E-state index contributed by atoms with van der Waals surface area (Å²) in [4.78, 5) is 12.0. The Hall–Kier alpha value is -2.08. The van der Waals surface area contributed by atoms with Crippen molar-refractivity contribution in [1.29, 1.82) is 0 Å². The summed E-state index contributed by atoms with van der Waals surface area (Å²) in [6, 6.07) is 11.7. The van der Waals surface area contributed by atoms with Crippen LogP contribution in [0.25, 0.3) is 22.1 Å². The van der Waals surface area contributed by atoms with E-state index in [0.29, 0.717) is 4.47 Å². The lowest BCUT2D eigenvalue weighted by molar-refractivity contribution is -0.136. The van der Waals surface area contributed by atoms with Gasteiger partial charge in [0.2, 0.25) is 0 Å². The lowest BCUT2D eigenvalue weighted by Crippen LogP contribution is -2.13. The molecule has 0 amide bonds. The van der Waals surface area contributed by atoms with E-state index in [4.69, 9.17) is 4.42 Å². The summed E-state index contributed by atoms with van der Waals surface area (Å²) in [6.45, 7) is 0. The maximum atomic E-state index is 13.5. The standard InChI is InChI=1S/C16H8BrF3O2/c17-10-7-5-9(6-8-10)14-13(16(18,19)20)11-3-1-2-4-12(11)15(21)22-14/h1-8H. The summed E-state index contributed by atoms with van der Waals surface area (Å²) in [5.74, 6) is -0.469. The Balaban J connectivity index is 2.44. The predicted molar refractivity (Wildman–Crippen MR) is 80.6 cm³/mol. The number of benzene rings is 2. The van der Waals surface area contributed by atoms with Crippen molar-refractivity contribution >= 4 is 26.7 Å². The van der Waals surface area contributed by atoms with Gasteiger partial charge in [-0.1, -0.05) is 46.3 Å². The molecule has 2 aromatic carbocycles. The van der Waals surface area contributed by atoms with Crippen molar-refractivity contribution in [3.8, 4) is 11.3 Å². The molecule has 0 unspecified atom stereocenters. The van der Waals surface area contributed by atoms with Gasteiger partial charge in [0.05, 0.1) is 5.39 Å². The van der Waals surface area contributed by atoms with Crippen LogP contribution in [0.4, 0.5) is 13.2 Å². The number of rotatable bonds is 1. The Kier molecular flexibility index (Phi) is 3.56. The zero-order chi connectivity index (χ0) is 15.9. The topological polar surface area (TPSA) is 30.2 Å². The van der Waals surface area contributed by atoms with E-state index in [-0.39, 0.29) is 16.3 Å². The quantitative estimate of drug-likeness (QED) is 0.587. The van der Waals surface area contributed by atoms with Gasteiger partial charge in [-0.05, 0) is 18.2 Å². The highest BCUT2D eigenvalue weighted by atomic mass is 79.9. The van der Waals surface area contributed by atoms with Gasteiger partial charge in [-0.2, -0.15) is 13.2 Å². The van der Waals surface area contributed by atoms with Crippen LogP contribution in [0.15, 0.2) is 62.2 Å². The first kappa shape index (κ1) is 14.8. The molecule has 0 fully saturated rings. The molecule has 0 N–H and O–H groups in total. The molecule has 0 aliphatic heterocycles. The van der Waals surface area contributed by atoms with Crippen molar-refractivity contribution in [1.82, 2.24) is 0 Å². The molecular weight excluding hydrogens is 361 g/mol. The molecule has 3 rings (SSSR count). The van der Waals surface area contributed by atoms with E-state index in [0.717, 1.165) is 0 Å². The first-order valence-electron chi connectivity index (χ1n) is 6.27. The van der Waals surface area contributed by atoms with E-state index >= 15 is 0 Å². The maximum Gasteiger partial charge on any atom is 0.420 e. The van der Waals surface area contributed by atoms with Crippen LogP contribution >= 0.6 is 15.9 Å². The van der Waals surface area contributed by atoms with Gasteiger partial charge in [0.1, 0.15) is 5.56 Å². The van der Waals surface area contributed by atoms with Gasteiger partial charge in [0.25, 0.3) is 0 Å². The highest BCUT2D eigenvalue weighted by molar-refractivity contribution is 9.10. The number of hydrogen-bond donors (Lipinski definition) is 0. The zero-order valence-corrected chi connectivity index (χ0v) is 12.5. The van der Waals surface area contributed by atoms with Crippen LogP contribution in [0, 0.1) is 0 Å². The van der Waals surface area contributed by atoms with E-state index in [1.165, 1.54) is 36.4 Å². The summed E-state index contributed by atoms with van der Waals surface area (Å²) in [7, 11) is 0. The van der Waals surface area contributed by atoms with Crippen molar-refractivity contribution in [3.63, 3.8) is 0 Å². The second-order valence-corrected chi connectivity index (χ2v) is 5.56. The second kappa shape index (κ2) is 5.28. The third-order valence-corrected chi connectivity index (χ3v) is 3.76. The first-order valence-corrected chi connectivity index (χ1v) is 7.06. The minimum atomic E-state index is -4.64. The second-order valence-electron chi connectivity index (χ2n) is 4.64. The Morgan fingerprint density at radius 1 is 0.909 bits per heavy atom. The molecule has 0 saturated heterocycles. The molecule has 0 radical (unpaired) electrons. The highest BCUT2D eigenvalue weighted by Crippen LogP contribution is 2.40. The molecule has 0 atom stereocenters. The average Bonchev–Trinajstić information content (AvgIpc) is 2.46. The van der Waals surface area contributed by atoms with Gasteiger partial charge in [0, 0.05) is 15.4 Å². The van der Waals surface area contributed by atoms with Crippen molar-refractivity contribution in [2.24, 2.45) is 0 Å². The van der Waals surface area contributed by atoms with Crippen molar-refractivity contribution in [3.05, 3.63) is 69.0 Å². The Morgan fingerprint density at radius 3 is 2.09 bits per heavy atom. The van der Waals surface area contributed by atoms with E-state index < -0.39 is 23.1 Å². The molecule has 0 aliphatic carbocycles. The molecular formula is C16H8BrF3O2. The summed E-state index contributed by atoms with van der Waals surface area (Å²) >= 11 is 3.22. The Morgan fingerprint density at radius 2 is 1.50 bits per heavy atom. The van der Waals surface area contributed by atoms with Gasteiger partial charge < -0.3 is 4.42 Å². The summed E-state index contributed by atoms with van der Waals surface area (Å²) in [6.07, 6.45) is -4.64. The van der Waals surface area contributed by atoms with E-state index in [2.05, 4.69) is 15.9 Å². The van der Waals surface area contributed by atoms with Gasteiger partial charge >= 0.3 is 11.8 Å². The van der Waals surface area contributed by atoms with Gasteiger partial charge in [-0.15, -0.1) is 0 Å². The Bertz CT molecular complexity index is 896. The minimum absolute atomic E-state index is 0.0873. The van der Waals surface area contributed by atoms with E-state index in [1.807, 2.05) is 0 Å². The van der Waals surface area contributed by atoms with E-state index in [1.54, 1.807) is 12.1 Å². The third kappa shape index (κ3) is 2.54.